The van der Waals surface area contributed by atoms with Crippen LogP contribution in [0.3, 0.4) is 0 Å². The van der Waals surface area contributed by atoms with E-state index in [-0.39, 0.29) is 18.8 Å². The predicted octanol–water partition coefficient (Wildman–Crippen LogP) is 5.42. The zero-order valence-electron chi connectivity index (χ0n) is 19.4. The van der Waals surface area contributed by atoms with Crippen molar-refractivity contribution in [2.45, 2.75) is 6.92 Å². The number of methoxy groups -OCH3 is 1. The highest BCUT2D eigenvalue weighted by Crippen LogP contribution is 2.42. The maximum atomic E-state index is 13.4. The normalized spacial score (nSPS) is 11.1. The molecule has 4 aromatic rings. The van der Waals surface area contributed by atoms with Gasteiger partial charge < -0.3 is 14.2 Å². The van der Waals surface area contributed by atoms with Gasteiger partial charge in [-0.05, 0) is 57.0 Å². The first-order valence-electron chi connectivity index (χ1n) is 10.9. The Labute approximate surface area is 223 Å². The predicted molar refractivity (Wildman–Crippen MR) is 145 cm³/mol. The molecule has 8 nitrogen and oxygen atoms in total. The molecule has 10 heteroatoms. The molecule has 0 spiro atoms. The van der Waals surface area contributed by atoms with E-state index in [2.05, 4.69) is 37.0 Å². The van der Waals surface area contributed by atoms with E-state index in [4.69, 9.17) is 19.2 Å². The lowest BCUT2D eigenvalue weighted by Crippen LogP contribution is -2.20. The van der Waals surface area contributed by atoms with E-state index < -0.39 is 5.97 Å². The first kappa shape index (κ1) is 25.6. The molecular weight excluding hydrogens is 594 g/mol. The van der Waals surface area contributed by atoms with E-state index in [0.717, 1.165) is 5.56 Å². The summed E-state index contributed by atoms with van der Waals surface area (Å²) in [4.78, 5) is 29.8. The highest BCUT2D eigenvalue weighted by molar-refractivity contribution is 9.13. The van der Waals surface area contributed by atoms with E-state index in [0.29, 0.717) is 42.7 Å². The molecule has 0 bridgehead atoms. The number of carbonyl (C=O) groups is 1. The second-order valence-electron chi connectivity index (χ2n) is 7.40. The first-order chi connectivity index (χ1) is 17.4. The third kappa shape index (κ3) is 5.34. The molecule has 0 atom stereocenters. The smallest absolute Gasteiger partial charge is 0.344 e. The van der Waals surface area contributed by atoms with Crippen LogP contribution < -0.4 is 15.0 Å². The minimum atomic E-state index is -0.496. The van der Waals surface area contributed by atoms with Crippen LogP contribution >= 0.6 is 31.9 Å². The Morgan fingerprint density at radius 1 is 1.08 bits per heavy atom. The average molecular weight is 615 g/mol. The van der Waals surface area contributed by atoms with Gasteiger partial charge in [0.05, 0.1) is 35.3 Å². The van der Waals surface area contributed by atoms with Crippen molar-refractivity contribution >= 4 is 54.9 Å². The summed E-state index contributed by atoms with van der Waals surface area (Å²) in [6.45, 7) is 1.70. The number of fused-ring (bicyclic) bond motifs is 1. The van der Waals surface area contributed by atoms with Gasteiger partial charge in [-0.15, -0.1) is 0 Å². The summed E-state index contributed by atoms with van der Waals surface area (Å²) in [5.41, 5.74) is 1.63. The van der Waals surface area contributed by atoms with Gasteiger partial charge >= 0.3 is 5.97 Å². The SMILES string of the molecule is CCOC(=O)COc1c(OC)cc(C=Nn2c(-c3ccccc3)nc3ccccc3c2=O)c(Br)c1Br. The summed E-state index contributed by atoms with van der Waals surface area (Å²) in [6.07, 6.45) is 1.52. The molecule has 0 radical (unpaired) electrons. The van der Waals surface area contributed by atoms with Crippen LogP contribution in [0.1, 0.15) is 12.5 Å². The molecule has 1 heterocycles. The van der Waals surface area contributed by atoms with Crippen molar-refractivity contribution in [3.8, 4) is 22.9 Å². The van der Waals surface area contributed by atoms with Crippen molar-refractivity contribution in [3.05, 3.63) is 85.5 Å². The fourth-order valence-electron chi connectivity index (χ4n) is 3.44. The molecule has 0 saturated heterocycles. The third-order valence-corrected chi connectivity index (χ3v) is 7.26. The minimum absolute atomic E-state index is 0.258. The quantitative estimate of drug-likeness (QED) is 0.194. The number of nitrogens with zero attached hydrogens (tertiary/aromatic N) is 3. The Morgan fingerprint density at radius 2 is 1.81 bits per heavy atom. The van der Waals surface area contributed by atoms with Gasteiger partial charge in [0.25, 0.3) is 5.56 Å². The Morgan fingerprint density at radius 3 is 2.53 bits per heavy atom. The van der Waals surface area contributed by atoms with Gasteiger partial charge in [0, 0.05) is 15.6 Å². The summed E-state index contributed by atoms with van der Waals surface area (Å²) in [5.74, 6) is 0.601. The Balaban J connectivity index is 1.79. The van der Waals surface area contributed by atoms with Crippen molar-refractivity contribution in [3.63, 3.8) is 0 Å². The Bertz CT molecular complexity index is 1500. The second kappa shape index (κ2) is 11.5. The van der Waals surface area contributed by atoms with Crippen LogP contribution in [-0.2, 0) is 9.53 Å². The van der Waals surface area contributed by atoms with E-state index in [1.165, 1.54) is 18.0 Å². The number of ether oxygens (including phenoxy) is 3. The number of benzene rings is 3. The van der Waals surface area contributed by atoms with Gasteiger partial charge in [-0.1, -0.05) is 42.5 Å². The maximum absolute atomic E-state index is 13.4. The average Bonchev–Trinajstić information content (AvgIpc) is 2.90. The van der Waals surface area contributed by atoms with Crippen LogP contribution in [0.5, 0.6) is 11.5 Å². The zero-order chi connectivity index (χ0) is 25.7. The van der Waals surface area contributed by atoms with Crippen LogP contribution in [0, 0.1) is 0 Å². The number of esters is 1. The molecule has 0 aliphatic heterocycles. The maximum Gasteiger partial charge on any atom is 0.344 e. The first-order valence-corrected chi connectivity index (χ1v) is 12.5. The number of carbonyl (C=O) groups excluding carboxylic acids is 1. The number of rotatable bonds is 8. The monoisotopic (exact) mass is 613 g/mol. The van der Waals surface area contributed by atoms with Crippen LogP contribution in [0.4, 0.5) is 0 Å². The molecule has 36 heavy (non-hydrogen) atoms. The zero-order valence-corrected chi connectivity index (χ0v) is 22.6. The van der Waals surface area contributed by atoms with E-state index in [1.807, 2.05) is 36.4 Å². The molecule has 184 valence electrons. The minimum Gasteiger partial charge on any atom is -0.493 e. The number of hydrogen-bond acceptors (Lipinski definition) is 7. The Hall–Kier alpha value is -3.50. The number of aromatic nitrogens is 2. The molecular formula is C26H21Br2N3O5. The molecule has 0 fully saturated rings. The van der Waals surface area contributed by atoms with Gasteiger partial charge in [0.15, 0.2) is 23.9 Å². The van der Waals surface area contributed by atoms with Crippen molar-refractivity contribution in [1.82, 2.24) is 9.66 Å². The van der Waals surface area contributed by atoms with Crippen LogP contribution in [0.2, 0.25) is 0 Å². The lowest BCUT2D eigenvalue weighted by Gasteiger charge is -2.15. The van der Waals surface area contributed by atoms with Crippen LogP contribution in [0.25, 0.3) is 22.3 Å². The molecule has 0 aliphatic rings. The summed E-state index contributed by atoms with van der Waals surface area (Å²) in [5, 5.41) is 4.96. The van der Waals surface area contributed by atoms with E-state index in [9.17, 15) is 9.59 Å². The fourth-order valence-corrected chi connectivity index (χ4v) is 4.38. The van der Waals surface area contributed by atoms with Crippen LogP contribution in [-0.4, -0.2) is 42.2 Å². The van der Waals surface area contributed by atoms with Gasteiger partial charge in [-0.25, -0.2) is 9.78 Å². The second-order valence-corrected chi connectivity index (χ2v) is 8.98. The van der Waals surface area contributed by atoms with Crippen molar-refractivity contribution in [2.75, 3.05) is 20.3 Å². The topological polar surface area (TPSA) is 92.0 Å². The van der Waals surface area contributed by atoms with Crippen molar-refractivity contribution in [2.24, 2.45) is 5.10 Å². The fraction of sp³-hybridized carbons (Fsp3) is 0.154. The highest BCUT2D eigenvalue weighted by atomic mass is 79.9. The molecule has 0 saturated carbocycles. The van der Waals surface area contributed by atoms with Crippen molar-refractivity contribution in [1.29, 1.82) is 0 Å². The number of para-hydroxylation sites is 1. The van der Waals surface area contributed by atoms with Gasteiger partial charge in [-0.3, -0.25) is 4.79 Å². The molecule has 4 rings (SSSR count). The number of hydrogen-bond donors (Lipinski definition) is 0. The lowest BCUT2D eigenvalue weighted by molar-refractivity contribution is -0.145. The summed E-state index contributed by atoms with van der Waals surface area (Å²) < 4.78 is 18.4. The highest BCUT2D eigenvalue weighted by Gasteiger charge is 2.18. The molecule has 1 aromatic heterocycles. The summed E-state index contributed by atoms with van der Waals surface area (Å²) in [7, 11) is 1.49. The molecule has 3 aromatic carbocycles. The van der Waals surface area contributed by atoms with E-state index >= 15 is 0 Å². The largest absolute Gasteiger partial charge is 0.493 e. The third-order valence-electron chi connectivity index (χ3n) is 5.11. The summed E-state index contributed by atoms with van der Waals surface area (Å²) >= 11 is 7.02. The molecule has 0 amide bonds. The lowest BCUT2D eigenvalue weighted by atomic mass is 10.2. The number of halogens is 2. The summed E-state index contributed by atoms with van der Waals surface area (Å²) in [6, 6.07) is 18.2. The van der Waals surface area contributed by atoms with Crippen LogP contribution in [0.15, 0.2) is 79.5 Å². The van der Waals surface area contributed by atoms with E-state index in [1.54, 1.807) is 31.2 Å². The standard InChI is InChI=1S/C26H21Br2N3O5/c1-3-35-21(32)15-36-24-20(34-2)13-17(22(27)23(24)28)14-29-31-25(16-9-5-4-6-10-16)30-19-12-8-7-11-18(19)26(31)33/h4-14H,3,15H2,1-2H3. The van der Waals surface area contributed by atoms with Gasteiger partial charge in [-0.2, -0.15) is 9.78 Å². The van der Waals surface area contributed by atoms with Gasteiger partial charge in [0.1, 0.15) is 0 Å². The molecule has 0 unspecified atom stereocenters. The van der Waals surface area contributed by atoms with Gasteiger partial charge in [0.2, 0.25) is 0 Å². The van der Waals surface area contributed by atoms with Crippen molar-refractivity contribution < 1.29 is 19.0 Å². The Kier molecular flexibility index (Phi) is 8.17. The molecule has 0 aliphatic carbocycles. The molecule has 0 N–H and O–H groups in total.